The summed E-state index contributed by atoms with van der Waals surface area (Å²) < 4.78 is 19.4. The molecule has 0 atom stereocenters. The maximum Gasteiger partial charge on any atom is 0.153 e. The van der Waals surface area contributed by atoms with Crippen LogP contribution in [0.4, 0.5) is 10.1 Å². The quantitative estimate of drug-likeness (QED) is 0.757. The third-order valence-electron chi connectivity index (χ3n) is 2.69. The molecular weight excluding hydrogens is 333 g/mol. The Bertz CT molecular complexity index is 623. The molecule has 2 nitrogen and oxygen atoms in total. The summed E-state index contributed by atoms with van der Waals surface area (Å²) in [6.07, 6.45) is 0. The number of hydrogen-bond donors (Lipinski definition) is 1. The molecule has 5 heteroatoms. The first-order chi connectivity index (χ1) is 8.88. The van der Waals surface area contributed by atoms with Crippen LogP contribution in [0, 0.1) is 19.7 Å². The Morgan fingerprint density at radius 3 is 2.32 bits per heavy atom. The van der Waals surface area contributed by atoms with Gasteiger partial charge in [0.15, 0.2) is 5.75 Å². The summed E-state index contributed by atoms with van der Waals surface area (Å²) in [5.41, 5.74) is 7.95. The van der Waals surface area contributed by atoms with Crippen LogP contribution in [0.3, 0.4) is 0 Å². The van der Waals surface area contributed by atoms with Crippen LogP contribution in [0.5, 0.6) is 11.5 Å². The van der Waals surface area contributed by atoms with E-state index in [9.17, 15) is 4.39 Å². The number of halogens is 3. The number of rotatable bonds is 2. The van der Waals surface area contributed by atoms with E-state index in [-0.39, 0.29) is 5.75 Å². The summed E-state index contributed by atoms with van der Waals surface area (Å²) in [5, 5.41) is 0.697. The third kappa shape index (κ3) is 3.01. The summed E-state index contributed by atoms with van der Waals surface area (Å²) in [6, 6.07) is 6.29. The van der Waals surface area contributed by atoms with Gasteiger partial charge in [-0.05, 0) is 59.1 Å². The molecule has 2 aromatic rings. The summed E-state index contributed by atoms with van der Waals surface area (Å²) in [7, 11) is 0. The second-order valence-corrected chi connectivity index (χ2v) is 5.51. The second kappa shape index (κ2) is 5.39. The Kier molecular flexibility index (Phi) is 4.02. The van der Waals surface area contributed by atoms with E-state index in [2.05, 4.69) is 15.9 Å². The molecule has 0 heterocycles. The zero-order chi connectivity index (χ0) is 14.2. The van der Waals surface area contributed by atoms with E-state index in [1.165, 1.54) is 12.1 Å². The molecule has 0 saturated heterocycles. The lowest BCUT2D eigenvalue weighted by atomic mass is 10.1. The predicted molar refractivity (Wildman–Crippen MR) is 79.5 cm³/mol. The maximum atomic E-state index is 13.5. The summed E-state index contributed by atoms with van der Waals surface area (Å²) in [4.78, 5) is 0. The number of ether oxygens (including phenoxy) is 1. The van der Waals surface area contributed by atoms with Crippen LogP contribution in [0.1, 0.15) is 11.1 Å². The monoisotopic (exact) mass is 343 g/mol. The minimum atomic E-state index is -0.424. The highest BCUT2D eigenvalue weighted by atomic mass is 79.9. The van der Waals surface area contributed by atoms with Crippen molar-refractivity contribution in [1.82, 2.24) is 0 Å². The van der Waals surface area contributed by atoms with E-state index in [4.69, 9.17) is 22.1 Å². The molecule has 0 aliphatic rings. The normalized spacial score (nSPS) is 10.6. The van der Waals surface area contributed by atoms with Crippen molar-refractivity contribution in [2.45, 2.75) is 13.8 Å². The zero-order valence-corrected chi connectivity index (χ0v) is 12.8. The molecule has 2 aromatic carbocycles. The van der Waals surface area contributed by atoms with Crippen LogP contribution in [0.15, 0.2) is 28.7 Å². The van der Waals surface area contributed by atoms with Gasteiger partial charge in [0.25, 0.3) is 0 Å². The van der Waals surface area contributed by atoms with Gasteiger partial charge in [0, 0.05) is 11.1 Å². The van der Waals surface area contributed by atoms with Crippen molar-refractivity contribution in [3.05, 3.63) is 50.7 Å². The molecule has 2 rings (SSSR count). The van der Waals surface area contributed by atoms with Gasteiger partial charge in [-0.15, -0.1) is 0 Å². The van der Waals surface area contributed by atoms with E-state index in [0.717, 1.165) is 11.1 Å². The molecule has 0 amide bonds. The smallest absolute Gasteiger partial charge is 0.153 e. The van der Waals surface area contributed by atoms with Gasteiger partial charge in [-0.2, -0.15) is 0 Å². The first-order valence-electron chi connectivity index (χ1n) is 5.57. The Labute approximate surface area is 124 Å². The zero-order valence-electron chi connectivity index (χ0n) is 10.4. The molecule has 0 aliphatic carbocycles. The molecule has 0 aliphatic heterocycles. The van der Waals surface area contributed by atoms with E-state index < -0.39 is 5.82 Å². The van der Waals surface area contributed by atoms with Gasteiger partial charge in [0.1, 0.15) is 11.6 Å². The number of nitrogen functional groups attached to an aromatic ring is 1. The predicted octanol–water partition coefficient (Wildman–Crippen LogP) is 5.23. The van der Waals surface area contributed by atoms with E-state index >= 15 is 0 Å². The summed E-state index contributed by atoms with van der Waals surface area (Å²) >= 11 is 9.15. The van der Waals surface area contributed by atoms with Crippen LogP contribution in [0.2, 0.25) is 5.02 Å². The lowest BCUT2D eigenvalue weighted by Crippen LogP contribution is -1.95. The largest absolute Gasteiger partial charge is 0.455 e. The van der Waals surface area contributed by atoms with Gasteiger partial charge in [0.05, 0.1) is 10.2 Å². The van der Waals surface area contributed by atoms with Crippen molar-refractivity contribution in [3.8, 4) is 11.5 Å². The van der Waals surface area contributed by atoms with Crippen molar-refractivity contribution in [3.63, 3.8) is 0 Å². The third-order valence-corrected chi connectivity index (χ3v) is 3.89. The Morgan fingerprint density at radius 1 is 1.16 bits per heavy atom. The number of benzene rings is 2. The molecule has 0 aromatic heterocycles. The van der Waals surface area contributed by atoms with Crippen LogP contribution in [0.25, 0.3) is 0 Å². The summed E-state index contributed by atoms with van der Waals surface area (Å²) in [5.74, 6) is 0.432. The number of hydrogen-bond acceptors (Lipinski definition) is 2. The van der Waals surface area contributed by atoms with Crippen molar-refractivity contribution >= 4 is 33.2 Å². The summed E-state index contributed by atoms with van der Waals surface area (Å²) in [6.45, 7) is 3.77. The highest BCUT2D eigenvalue weighted by molar-refractivity contribution is 9.10. The van der Waals surface area contributed by atoms with Gasteiger partial charge >= 0.3 is 0 Å². The molecule has 0 fully saturated rings. The minimum Gasteiger partial charge on any atom is -0.455 e. The Hall–Kier alpha value is -1.26. The van der Waals surface area contributed by atoms with Crippen molar-refractivity contribution in [2.75, 3.05) is 5.73 Å². The Balaban J connectivity index is 2.39. The van der Waals surface area contributed by atoms with Crippen molar-refractivity contribution in [2.24, 2.45) is 0 Å². The number of nitrogens with two attached hydrogens (primary N) is 1. The average molecular weight is 345 g/mol. The van der Waals surface area contributed by atoms with E-state index in [1.807, 2.05) is 13.8 Å². The highest BCUT2D eigenvalue weighted by Crippen LogP contribution is 2.34. The van der Waals surface area contributed by atoms with Gasteiger partial charge in [-0.1, -0.05) is 11.6 Å². The molecule has 0 unspecified atom stereocenters. The van der Waals surface area contributed by atoms with Crippen molar-refractivity contribution in [1.29, 1.82) is 0 Å². The van der Waals surface area contributed by atoms with Crippen LogP contribution < -0.4 is 10.5 Å². The van der Waals surface area contributed by atoms with Crippen molar-refractivity contribution < 1.29 is 9.13 Å². The molecule has 0 spiro atoms. The minimum absolute atomic E-state index is 0.279. The fourth-order valence-corrected chi connectivity index (χ4v) is 2.19. The van der Waals surface area contributed by atoms with Gasteiger partial charge in [-0.25, -0.2) is 4.39 Å². The Morgan fingerprint density at radius 2 is 1.74 bits per heavy atom. The SMILES string of the molecule is Cc1cc(Oc2cc(F)c(Br)cc2N)cc(C)c1Cl. The maximum absolute atomic E-state index is 13.5. The molecule has 2 N–H and O–H groups in total. The highest BCUT2D eigenvalue weighted by Gasteiger charge is 2.10. The molecular formula is C14H12BrClFNO. The fourth-order valence-electron chi connectivity index (χ4n) is 1.72. The van der Waals surface area contributed by atoms with Crippen LogP contribution >= 0.6 is 27.5 Å². The number of aryl methyl sites for hydroxylation is 2. The lowest BCUT2D eigenvalue weighted by molar-refractivity contribution is 0.478. The van der Waals surface area contributed by atoms with Crippen LogP contribution in [-0.4, -0.2) is 0 Å². The molecule has 0 saturated carbocycles. The first kappa shape index (κ1) is 14.2. The lowest BCUT2D eigenvalue weighted by Gasteiger charge is -2.12. The molecule has 19 heavy (non-hydrogen) atoms. The first-order valence-corrected chi connectivity index (χ1v) is 6.74. The fraction of sp³-hybridized carbons (Fsp3) is 0.143. The molecule has 0 radical (unpaired) electrons. The van der Waals surface area contributed by atoms with Gasteiger partial charge in [0.2, 0.25) is 0 Å². The van der Waals surface area contributed by atoms with E-state index in [0.29, 0.717) is 20.9 Å². The topological polar surface area (TPSA) is 35.2 Å². The molecule has 0 bridgehead atoms. The van der Waals surface area contributed by atoms with Gasteiger partial charge < -0.3 is 10.5 Å². The molecule has 100 valence electrons. The standard InChI is InChI=1S/C14H12BrClFNO/c1-7-3-9(4-8(2)14(7)16)19-13-6-11(17)10(15)5-12(13)18/h3-6H,18H2,1-2H3. The van der Waals surface area contributed by atoms with Crippen LogP contribution in [-0.2, 0) is 0 Å². The number of anilines is 1. The van der Waals surface area contributed by atoms with E-state index in [1.54, 1.807) is 12.1 Å². The average Bonchev–Trinajstić information content (AvgIpc) is 2.33. The second-order valence-electron chi connectivity index (χ2n) is 4.28. The van der Waals surface area contributed by atoms with Gasteiger partial charge in [-0.3, -0.25) is 0 Å².